The third-order valence-corrected chi connectivity index (χ3v) is 3.76. The number of carbonyl (C=O) groups excluding carboxylic acids is 1. The molecule has 1 aliphatic heterocycles. The van der Waals surface area contributed by atoms with Crippen LogP contribution in [0.1, 0.15) is 40.5 Å². The quantitative estimate of drug-likeness (QED) is 0.730. The van der Waals surface area contributed by atoms with Crippen molar-refractivity contribution in [2.24, 2.45) is 5.92 Å². The summed E-state index contributed by atoms with van der Waals surface area (Å²) >= 11 is 3.52. The highest BCUT2D eigenvalue weighted by molar-refractivity contribution is 9.09. The Morgan fingerprint density at radius 2 is 2.12 bits per heavy atom. The number of rotatable bonds is 2. The van der Waals surface area contributed by atoms with Crippen molar-refractivity contribution >= 4 is 22.0 Å². The second-order valence-corrected chi connectivity index (χ2v) is 6.00. The monoisotopic (exact) mass is 291 g/mol. The van der Waals surface area contributed by atoms with E-state index in [0.29, 0.717) is 12.0 Å². The lowest BCUT2D eigenvalue weighted by Crippen LogP contribution is -2.41. The highest BCUT2D eigenvalue weighted by Gasteiger charge is 2.37. The molecule has 94 valence electrons. The van der Waals surface area contributed by atoms with Crippen molar-refractivity contribution in [3.8, 4) is 0 Å². The molecule has 3 nitrogen and oxygen atoms in total. The first-order valence-electron chi connectivity index (χ1n) is 5.94. The minimum absolute atomic E-state index is 0.164. The number of ether oxygens (including phenoxy) is 1. The van der Waals surface area contributed by atoms with Gasteiger partial charge in [0.25, 0.3) is 0 Å². The summed E-state index contributed by atoms with van der Waals surface area (Å²) in [6.45, 7) is 8.67. The van der Waals surface area contributed by atoms with Crippen LogP contribution in [0.5, 0.6) is 0 Å². The Labute approximate surface area is 107 Å². The lowest BCUT2D eigenvalue weighted by Gasteiger charge is -2.29. The molecule has 0 aliphatic carbocycles. The van der Waals surface area contributed by atoms with Gasteiger partial charge in [0.1, 0.15) is 5.60 Å². The number of amides is 1. The van der Waals surface area contributed by atoms with Gasteiger partial charge < -0.3 is 9.64 Å². The van der Waals surface area contributed by atoms with Crippen LogP contribution in [-0.4, -0.2) is 34.5 Å². The van der Waals surface area contributed by atoms with Crippen LogP contribution >= 0.6 is 15.9 Å². The fourth-order valence-electron chi connectivity index (χ4n) is 2.20. The lowest BCUT2D eigenvalue weighted by molar-refractivity contribution is 0.0208. The Morgan fingerprint density at radius 1 is 1.50 bits per heavy atom. The molecular formula is C12H22BrNO2. The van der Waals surface area contributed by atoms with Gasteiger partial charge in [-0.05, 0) is 39.5 Å². The molecule has 0 aromatic carbocycles. The molecule has 1 aliphatic rings. The van der Waals surface area contributed by atoms with Crippen molar-refractivity contribution in [3.05, 3.63) is 0 Å². The van der Waals surface area contributed by atoms with Crippen molar-refractivity contribution in [2.45, 2.75) is 52.2 Å². The van der Waals surface area contributed by atoms with E-state index in [1.807, 2.05) is 25.7 Å². The third-order valence-electron chi connectivity index (χ3n) is 2.93. The summed E-state index contributed by atoms with van der Waals surface area (Å²) in [6.07, 6.45) is 1.90. The van der Waals surface area contributed by atoms with Crippen LogP contribution in [-0.2, 0) is 4.74 Å². The highest BCUT2D eigenvalue weighted by atomic mass is 79.9. The molecule has 0 aromatic rings. The topological polar surface area (TPSA) is 29.5 Å². The standard InChI is InChI=1S/C12H22BrNO2/c1-5-10-9(8-13)6-7-14(10)11(15)16-12(2,3)4/h9-10H,5-8H2,1-4H3. The summed E-state index contributed by atoms with van der Waals surface area (Å²) < 4.78 is 5.42. The molecule has 2 atom stereocenters. The van der Waals surface area contributed by atoms with Crippen LogP contribution < -0.4 is 0 Å². The van der Waals surface area contributed by atoms with Gasteiger partial charge >= 0.3 is 6.09 Å². The minimum atomic E-state index is -0.401. The van der Waals surface area contributed by atoms with E-state index in [9.17, 15) is 4.79 Å². The van der Waals surface area contributed by atoms with Crippen LogP contribution in [0, 0.1) is 5.92 Å². The molecule has 1 rings (SSSR count). The molecular weight excluding hydrogens is 270 g/mol. The van der Waals surface area contributed by atoms with Gasteiger partial charge in [0, 0.05) is 17.9 Å². The number of alkyl halides is 1. The van der Waals surface area contributed by atoms with E-state index >= 15 is 0 Å². The number of nitrogens with zero attached hydrogens (tertiary/aromatic N) is 1. The molecule has 1 fully saturated rings. The molecule has 2 unspecified atom stereocenters. The van der Waals surface area contributed by atoms with Crippen molar-refractivity contribution < 1.29 is 9.53 Å². The number of hydrogen-bond donors (Lipinski definition) is 0. The van der Waals surface area contributed by atoms with E-state index in [1.165, 1.54) is 0 Å². The molecule has 16 heavy (non-hydrogen) atoms. The van der Waals surface area contributed by atoms with E-state index in [0.717, 1.165) is 24.7 Å². The lowest BCUT2D eigenvalue weighted by atomic mass is 10.0. The van der Waals surface area contributed by atoms with E-state index in [4.69, 9.17) is 4.74 Å². The molecule has 1 amide bonds. The first-order chi connectivity index (χ1) is 7.39. The largest absolute Gasteiger partial charge is 0.444 e. The summed E-state index contributed by atoms with van der Waals surface area (Å²) in [4.78, 5) is 13.9. The van der Waals surface area contributed by atoms with Gasteiger partial charge in [0.05, 0.1) is 0 Å². The van der Waals surface area contributed by atoms with E-state index in [1.54, 1.807) is 0 Å². The van der Waals surface area contributed by atoms with E-state index in [-0.39, 0.29) is 6.09 Å². The van der Waals surface area contributed by atoms with Gasteiger partial charge in [-0.3, -0.25) is 0 Å². The number of hydrogen-bond acceptors (Lipinski definition) is 2. The zero-order valence-electron chi connectivity index (χ0n) is 10.6. The van der Waals surface area contributed by atoms with E-state index < -0.39 is 5.60 Å². The Hall–Kier alpha value is -0.250. The number of carbonyl (C=O) groups is 1. The van der Waals surface area contributed by atoms with Crippen molar-refractivity contribution in [1.82, 2.24) is 4.90 Å². The predicted molar refractivity (Wildman–Crippen MR) is 68.9 cm³/mol. The zero-order valence-corrected chi connectivity index (χ0v) is 12.2. The molecule has 0 aromatic heterocycles. The molecule has 0 radical (unpaired) electrons. The van der Waals surface area contributed by atoms with Crippen LogP contribution in [0.3, 0.4) is 0 Å². The molecule has 1 saturated heterocycles. The summed E-state index contributed by atoms with van der Waals surface area (Å²) in [5, 5.41) is 0.963. The van der Waals surface area contributed by atoms with Crippen molar-refractivity contribution in [3.63, 3.8) is 0 Å². The minimum Gasteiger partial charge on any atom is -0.444 e. The Bertz CT molecular complexity index is 250. The second-order valence-electron chi connectivity index (χ2n) is 5.35. The normalized spacial score (nSPS) is 25.9. The van der Waals surface area contributed by atoms with Gasteiger partial charge in [-0.1, -0.05) is 22.9 Å². The zero-order chi connectivity index (χ0) is 12.3. The Kier molecular flexibility index (Phi) is 4.65. The molecule has 0 N–H and O–H groups in total. The van der Waals surface area contributed by atoms with Gasteiger partial charge in [0.2, 0.25) is 0 Å². The maximum absolute atomic E-state index is 12.0. The van der Waals surface area contributed by atoms with Crippen LogP contribution in [0.4, 0.5) is 4.79 Å². The summed E-state index contributed by atoms with van der Waals surface area (Å²) in [5.41, 5.74) is -0.401. The first kappa shape index (κ1) is 13.8. The molecule has 0 bridgehead atoms. The van der Waals surface area contributed by atoms with Crippen LogP contribution in [0.15, 0.2) is 0 Å². The van der Waals surface area contributed by atoms with Gasteiger partial charge in [-0.15, -0.1) is 0 Å². The number of likely N-dealkylation sites (tertiary alicyclic amines) is 1. The average Bonchev–Trinajstić information content (AvgIpc) is 2.57. The smallest absolute Gasteiger partial charge is 0.410 e. The molecule has 0 saturated carbocycles. The van der Waals surface area contributed by atoms with Gasteiger partial charge in [-0.2, -0.15) is 0 Å². The maximum atomic E-state index is 12.0. The van der Waals surface area contributed by atoms with Crippen molar-refractivity contribution in [2.75, 3.05) is 11.9 Å². The second kappa shape index (κ2) is 5.39. The van der Waals surface area contributed by atoms with Crippen LogP contribution in [0.25, 0.3) is 0 Å². The van der Waals surface area contributed by atoms with Gasteiger partial charge in [0.15, 0.2) is 0 Å². The molecule has 0 spiro atoms. The molecule has 1 heterocycles. The average molecular weight is 292 g/mol. The first-order valence-corrected chi connectivity index (χ1v) is 7.06. The highest BCUT2D eigenvalue weighted by Crippen LogP contribution is 2.29. The molecule has 4 heteroatoms. The maximum Gasteiger partial charge on any atom is 0.410 e. The predicted octanol–water partition coefficient (Wildman–Crippen LogP) is 3.42. The number of halogens is 1. The summed E-state index contributed by atoms with van der Waals surface area (Å²) in [6, 6.07) is 0.328. The summed E-state index contributed by atoms with van der Waals surface area (Å²) in [5.74, 6) is 0.567. The van der Waals surface area contributed by atoms with E-state index in [2.05, 4.69) is 22.9 Å². The van der Waals surface area contributed by atoms with Gasteiger partial charge in [-0.25, -0.2) is 4.79 Å². The van der Waals surface area contributed by atoms with Crippen molar-refractivity contribution in [1.29, 1.82) is 0 Å². The SMILES string of the molecule is CCC1C(CBr)CCN1C(=O)OC(C)(C)C. The Balaban J connectivity index is 2.63. The summed E-state index contributed by atoms with van der Waals surface area (Å²) in [7, 11) is 0. The third kappa shape index (κ3) is 3.37. The Morgan fingerprint density at radius 3 is 2.56 bits per heavy atom. The fourth-order valence-corrected chi connectivity index (χ4v) is 2.95. The fraction of sp³-hybridized carbons (Fsp3) is 0.917. The van der Waals surface area contributed by atoms with Crippen LogP contribution in [0.2, 0.25) is 0 Å².